The number of halogens is 2. The zero-order valence-corrected chi connectivity index (χ0v) is 13.7. The van der Waals surface area contributed by atoms with Crippen LogP contribution in [-0.2, 0) is 10.3 Å². The van der Waals surface area contributed by atoms with Gasteiger partial charge < -0.3 is 9.64 Å². The Labute approximate surface area is 137 Å². The van der Waals surface area contributed by atoms with E-state index < -0.39 is 5.60 Å². The molecule has 118 valence electrons. The third-order valence-corrected chi connectivity index (χ3v) is 4.13. The maximum Gasteiger partial charge on any atom is 0.131 e. The van der Waals surface area contributed by atoms with Crippen molar-refractivity contribution in [3.05, 3.63) is 59.9 Å². The van der Waals surface area contributed by atoms with Crippen molar-refractivity contribution in [1.29, 1.82) is 0 Å². The minimum absolute atomic E-state index is 0. The highest BCUT2D eigenvalue weighted by molar-refractivity contribution is 5.85. The van der Waals surface area contributed by atoms with Gasteiger partial charge in [-0.2, -0.15) is 0 Å². The molecule has 0 aromatic heterocycles. The summed E-state index contributed by atoms with van der Waals surface area (Å²) in [6, 6.07) is 15.1. The lowest BCUT2D eigenvalue weighted by atomic mass is 9.91. The summed E-state index contributed by atoms with van der Waals surface area (Å²) in [6.45, 7) is 4.39. The molecule has 2 nitrogen and oxygen atoms in total. The van der Waals surface area contributed by atoms with Gasteiger partial charge in [-0.15, -0.1) is 12.4 Å². The lowest BCUT2D eigenvalue weighted by Gasteiger charge is -2.39. The van der Waals surface area contributed by atoms with E-state index >= 15 is 0 Å². The first-order valence-corrected chi connectivity index (χ1v) is 7.26. The zero-order valence-electron chi connectivity index (χ0n) is 12.9. The van der Waals surface area contributed by atoms with Gasteiger partial charge in [-0.3, -0.25) is 0 Å². The maximum absolute atomic E-state index is 14.5. The number of hydrogen-bond acceptors (Lipinski definition) is 2. The van der Waals surface area contributed by atoms with Crippen LogP contribution in [0, 0.1) is 5.82 Å². The predicted molar refractivity (Wildman–Crippen MR) is 89.9 cm³/mol. The Hall–Kier alpha value is -1.42. The first-order valence-electron chi connectivity index (χ1n) is 7.26. The monoisotopic (exact) mass is 321 g/mol. The molecule has 0 radical (unpaired) electrons. The second-order valence-corrected chi connectivity index (χ2v) is 5.88. The fourth-order valence-electron chi connectivity index (χ4n) is 2.94. The van der Waals surface area contributed by atoms with Gasteiger partial charge in [-0.25, -0.2) is 4.39 Å². The van der Waals surface area contributed by atoms with E-state index in [1.807, 2.05) is 49.4 Å². The summed E-state index contributed by atoms with van der Waals surface area (Å²) in [5.74, 6) is -0.197. The molecule has 2 aromatic carbocycles. The normalized spacial score (nSPS) is 22.1. The highest BCUT2D eigenvalue weighted by Gasteiger charge is 2.33. The van der Waals surface area contributed by atoms with Gasteiger partial charge in [0.2, 0.25) is 0 Å². The topological polar surface area (TPSA) is 12.5 Å². The van der Waals surface area contributed by atoms with Crippen molar-refractivity contribution >= 4 is 12.4 Å². The molecule has 1 atom stereocenters. The maximum atomic E-state index is 14.5. The Morgan fingerprint density at radius 3 is 2.50 bits per heavy atom. The molecule has 0 aliphatic carbocycles. The molecule has 0 bridgehead atoms. The summed E-state index contributed by atoms with van der Waals surface area (Å²) < 4.78 is 20.4. The van der Waals surface area contributed by atoms with Crippen molar-refractivity contribution in [2.45, 2.75) is 12.5 Å². The lowest BCUT2D eigenvalue weighted by molar-refractivity contribution is -0.0964. The smallest absolute Gasteiger partial charge is 0.131 e. The summed E-state index contributed by atoms with van der Waals surface area (Å²) >= 11 is 0. The number of rotatable bonds is 2. The van der Waals surface area contributed by atoms with Gasteiger partial charge >= 0.3 is 0 Å². The third kappa shape index (κ3) is 3.32. The van der Waals surface area contributed by atoms with E-state index in [0.717, 1.165) is 24.2 Å². The molecule has 2 aromatic rings. The quantitative estimate of drug-likeness (QED) is 0.826. The third-order valence-electron chi connectivity index (χ3n) is 4.13. The molecule has 22 heavy (non-hydrogen) atoms. The number of ether oxygens (including phenoxy) is 1. The van der Waals surface area contributed by atoms with Crippen LogP contribution >= 0.6 is 12.4 Å². The summed E-state index contributed by atoms with van der Waals surface area (Å²) in [4.78, 5) is 2.21. The fraction of sp³-hybridized carbons (Fsp3) is 0.333. The summed E-state index contributed by atoms with van der Waals surface area (Å²) in [7, 11) is 2.06. The summed E-state index contributed by atoms with van der Waals surface area (Å²) in [6.07, 6.45) is 0. The first-order chi connectivity index (χ1) is 10.1. The average molecular weight is 322 g/mol. The van der Waals surface area contributed by atoms with Gasteiger partial charge in [0.15, 0.2) is 0 Å². The van der Waals surface area contributed by atoms with Gasteiger partial charge in [0.05, 0.1) is 6.61 Å². The second kappa shape index (κ2) is 6.78. The van der Waals surface area contributed by atoms with Crippen LogP contribution in [0.3, 0.4) is 0 Å². The predicted octanol–water partition coefficient (Wildman–Crippen LogP) is 4.09. The van der Waals surface area contributed by atoms with Gasteiger partial charge in [-0.05, 0) is 31.2 Å². The van der Waals surface area contributed by atoms with E-state index in [2.05, 4.69) is 11.9 Å². The first kappa shape index (κ1) is 16.9. The Balaban J connectivity index is 0.00000176. The van der Waals surface area contributed by atoms with Crippen molar-refractivity contribution in [3.63, 3.8) is 0 Å². The zero-order chi connectivity index (χ0) is 14.9. The van der Waals surface area contributed by atoms with Gasteiger partial charge in [-0.1, -0.05) is 42.5 Å². The summed E-state index contributed by atoms with van der Waals surface area (Å²) in [5, 5.41) is 0. The van der Waals surface area contributed by atoms with E-state index in [1.54, 1.807) is 6.07 Å². The molecule has 0 N–H and O–H groups in total. The van der Waals surface area contributed by atoms with Crippen molar-refractivity contribution in [2.75, 3.05) is 26.7 Å². The van der Waals surface area contributed by atoms with Crippen LogP contribution in [0.25, 0.3) is 11.1 Å². The van der Waals surface area contributed by atoms with Crippen LogP contribution in [0.4, 0.5) is 4.39 Å². The van der Waals surface area contributed by atoms with Crippen molar-refractivity contribution in [1.82, 2.24) is 4.90 Å². The molecule has 1 fully saturated rings. The van der Waals surface area contributed by atoms with Crippen LogP contribution in [0.5, 0.6) is 0 Å². The number of nitrogens with zero attached hydrogens (tertiary/aromatic N) is 1. The largest absolute Gasteiger partial charge is 0.368 e. The van der Waals surface area contributed by atoms with E-state index in [4.69, 9.17) is 4.74 Å². The Morgan fingerprint density at radius 2 is 1.86 bits per heavy atom. The molecule has 0 saturated carbocycles. The summed E-state index contributed by atoms with van der Waals surface area (Å²) in [5.41, 5.74) is 1.98. The molecule has 1 heterocycles. The molecular formula is C18H21ClFNO. The fourth-order valence-corrected chi connectivity index (χ4v) is 2.94. The molecule has 1 unspecified atom stereocenters. The number of hydrogen-bond donors (Lipinski definition) is 0. The molecule has 4 heteroatoms. The van der Waals surface area contributed by atoms with Gasteiger partial charge in [0, 0.05) is 18.7 Å². The van der Waals surface area contributed by atoms with Crippen LogP contribution in [-0.4, -0.2) is 31.6 Å². The van der Waals surface area contributed by atoms with Crippen molar-refractivity contribution in [2.24, 2.45) is 0 Å². The SMILES string of the molecule is CN1CCOC(C)(c2ccc(-c3ccccc3)c(F)c2)C1.Cl. The van der Waals surface area contributed by atoms with Crippen LogP contribution in [0.15, 0.2) is 48.5 Å². The lowest BCUT2D eigenvalue weighted by Crippen LogP contribution is -2.46. The molecule has 1 aliphatic heterocycles. The van der Waals surface area contributed by atoms with E-state index in [9.17, 15) is 4.39 Å². The molecule has 0 spiro atoms. The van der Waals surface area contributed by atoms with Crippen LogP contribution < -0.4 is 0 Å². The van der Waals surface area contributed by atoms with E-state index in [-0.39, 0.29) is 18.2 Å². The van der Waals surface area contributed by atoms with Crippen LogP contribution in [0.2, 0.25) is 0 Å². The molecule has 1 aliphatic rings. The Kier molecular flexibility index (Phi) is 5.22. The van der Waals surface area contributed by atoms with Gasteiger partial charge in [0.1, 0.15) is 11.4 Å². The van der Waals surface area contributed by atoms with Gasteiger partial charge in [0.25, 0.3) is 0 Å². The number of benzene rings is 2. The Morgan fingerprint density at radius 1 is 1.14 bits per heavy atom. The van der Waals surface area contributed by atoms with Crippen LogP contribution in [0.1, 0.15) is 12.5 Å². The van der Waals surface area contributed by atoms with E-state index in [0.29, 0.717) is 12.2 Å². The number of likely N-dealkylation sites (N-methyl/N-ethyl adjacent to an activating group) is 1. The molecule has 0 amide bonds. The van der Waals surface area contributed by atoms with Crippen molar-refractivity contribution < 1.29 is 9.13 Å². The highest BCUT2D eigenvalue weighted by atomic mass is 35.5. The minimum Gasteiger partial charge on any atom is -0.368 e. The molecule has 1 saturated heterocycles. The Bertz CT molecular complexity index is 634. The second-order valence-electron chi connectivity index (χ2n) is 5.88. The minimum atomic E-state index is -0.441. The highest BCUT2D eigenvalue weighted by Crippen LogP contribution is 2.32. The average Bonchev–Trinajstić information content (AvgIpc) is 2.48. The standard InChI is InChI=1S/C18H20FNO.ClH/c1-18(13-20(2)10-11-21-18)15-8-9-16(17(19)12-15)14-6-4-3-5-7-14;/h3-9,12H,10-11,13H2,1-2H3;1H. The molecular weight excluding hydrogens is 301 g/mol. The molecule has 3 rings (SSSR count). The van der Waals surface area contributed by atoms with Crippen molar-refractivity contribution in [3.8, 4) is 11.1 Å². The van der Waals surface area contributed by atoms with E-state index in [1.165, 1.54) is 0 Å². The number of morpholine rings is 1.